The second-order valence-electron chi connectivity index (χ2n) is 32.2. The molecule has 0 radical (unpaired) electrons. The quantitative estimate of drug-likeness (QED) is 0.0543. The molecule has 0 aliphatic carbocycles. The molecule has 612 valence electrons. The van der Waals surface area contributed by atoms with Gasteiger partial charge in [-0.3, -0.25) is 53.0 Å². The highest BCUT2D eigenvalue weighted by molar-refractivity contribution is 5.94. The van der Waals surface area contributed by atoms with Gasteiger partial charge < -0.3 is 76.4 Å². The molecule has 0 aliphatic heterocycles. The van der Waals surface area contributed by atoms with Gasteiger partial charge in [0.15, 0.2) is 6.61 Å². The molecule has 0 aromatic carbocycles. The van der Waals surface area contributed by atoms with Crippen LogP contribution in [0.4, 0.5) is 9.59 Å². The van der Waals surface area contributed by atoms with Crippen LogP contribution in [-0.2, 0) is 124 Å². The van der Waals surface area contributed by atoms with Crippen molar-refractivity contribution in [3.8, 4) is 0 Å². The Morgan fingerprint density at radius 1 is 0.317 bits per heavy atom. The van der Waals surface area contributed by atoms with Crippen LogP contribution in [0.15, 0.2) is 0 Å². The number of Topliss-reactive ketones (excluding diaryl/α,β-unsaturated/α-hetero) is 1. The van der Waals surface area contributed by atoms with Crippen LogP contribution in [0, 0.1) is 0 Å². The van der Waals surface area contributed by atoms with E-state index >= 15 is 0 Å². The molecule has 31 heteroatoms. The molecule has 0 heterocycles. The summed E-state index contributed by atoms with van der Waals surface area (Å²) in [6.07, 6.45) is -0.739. The number of amides is 3. The van der Waals surface area contributed by atoms with Gasteiger partial charge in [0, 0.05) is 47.6 Å². The van der Waals surface area contributed by atoms with Gasteiger partial charge in [0.25, 0.3) is 0 Å². The molecule has 0 aliphatic rings. The van der Waals surface area contributed by atoms with Crippen molar-refractivity contribution in [2.24, 2.45) is 0 Å². The summed E-state index contributed by atoms with van der Waals surface area (Å²) in [6.45, 7) is 59.5. The number of rotatable bonds is 19. The number of carbonyl (C=O) groups is 14. The smallest absolute Gasteiger partial charge is 0.412 e. The summed E-state index contributed by atoms with van der Waals surface area (Å²) in [7, 11) is 5.61. The summed E-state index contributed by atoms with van der Waals surface area (Å²) in [6, 6.07) is 0. The normalized spacial score (nSPS) is 11.2. The predicted molar refractivity (Wildman–Crippen MR) is 389 cm³/mol. The monoisotopic (exact) mass is 1500 g/mol. The minimum Gasteiger partial charge on any atom is -0.469 e. The highest BCUT2D eigenvalue weighted by atomic mass is 16.6. The number of likely N-dealkylation sites (N-methyl/N-ethyl adjacent to an activating group) is 1. The molecule has 0 bridgehead atoms. The summed E-state index contributed by atoms with van der Waals surface area (Å²) >= 11 is 0. The fourth-order valence-electron chi connectivity index (χ4n) is 5.61. The second kappa shape index (κ2) is 53.1. The zero-order valence-corrected chi connectivity index (χ0v) is 70.6. The van der Waals surface area contributed by atoms with Gasteiger partial charge in [-0.05, 0) is 222 Å². The van der Waals surface area contributed by atoms with Crippen molar-refractivity contribution >= 4 is 83.6 Å². The van der Waals surface area contributed by atoms with Crippen LogP contribution in [0.25, 0.3) is 0 Å². The molecule has 104 heavy (non-hydrogen) atoms. The van der Waals surface area contributed by atoms with Crippen LogP contribution in [0.3, 0.4) is 0 Å². The number of nitrogens with one attached hydrogen (secondary N) is 1. The molecule has 0 saturated carbocycles. The molecular formula is C73H137N3O28. The minimum atomic E-state index is -0.628. The third-order valence-corrected chi connectivity index (χ3v) is 8.70. The molecule has 0 fully saturated rings. The maximum atomic E-state index is 11.9. The van der Waals surface area contributed by atoms with Crippen LogP contribution in [-0.4, -0.2) is 217 Å². The summed E-state index contributed by atoms with van der Waals surface area (Å²) in [5.74, 6) is -4.68. The molecule has 0 saturated heterocycles. The molecule has 0 aromatic heterocycles. The molecule has 0 spiro atoms. The zero-order valence-electron chi connectivity index (χ0n) is 70.6. The third-order valence-electron chi connectivity index (χ3n) is 8.70. The lowest BCUT2D eigenvalue weighted by molar-refractivity contribution is -0.165. The van der Waals surface area contributed by atoms with E-state index in [-0.39, 0.29) is 93.9 Å². The number of ketones is 1. The van der Waals surface area contributed by atoms with Crippen molar-refractivity contribution in [1.29, 1.82) is 0 Å². The molecule has 0 rings (SSSR count). The first-order valence-electron chi connectivity index (χ1n) is 33.7. The topological polar surface area (TPSA) is 387 Å². The SMILES string of the molecule is CC(=O)CCC(=O)OC(C)(C)C.CC(=O)OCC(=O)OC(C)(C)C.CCC(=O)OC(C)(C)C.CCN(CC(=O)OC(C)(C)C)C(=O)OC(C)(C)C.CNC(=O)CC(=O)OC(C)(C)C.COC(=O)CC(=O)OC(C)(C)C.COCC(=O)OC(C)(C)C.COCN(CC(=O)OC(C)(C)C)C(=O)OC(C)(C)C. The minimum absolute atomic E-state index is 0.0147. The average molecular weight is 1500 g/mol. The first kappa shape index (κ1) is 112. The molecule has 3 amide bonds. The van der Waals surface area contributed by atoms with Gasteiger partial charge in [0.1, 0.15) is 101 Å². The fourth-order valence-corrected chi connectivity index (χ4v) is 5.61. The Hall–Kier alpha value is -7.70. The van der Waals surface area contributed by atoms with E-state index in [9.17, 15) is 67.1 Å². The number of nitrogens with zero attached hydrogens (tertiary/aromatic N) is 2. The van der Waals surface area contributed by atoms with Gasteiger partial charge in [-0.15, -0.1) is 0 Å². The van der Waals surface area contributed by atoms with E-state index in [1.54, 1.807) is 180 Å². The number of hydrogen-bond acceptors (Lipinski definition) is 28. The van der Waals surface area contributed by atoms with E-state index in [0.717, 1.165) is 4.90 Å². The summed E-state index contributed by atoms with van der Waals surface area (Å²) in [4.78, 5) is 157. The Bertz CT molecular complexity index is 2500. The number of methoxy groups -OCH3 is 3. The lowest BCUT2D eigenvalue weighted by Gasteiger charge is -2.27. The Morgan fingerprint density at radius 3 is 0.875 bits per heavy atom. The summed E-state index contributed by atoms with van der Waals surface area (Å²) < 4.78 is 68.4. The molecular weight excluding hydrogens is 1370 g/mol. The molecule has 31 nitrogen and oxygen atoms in total. The van der Waals surface area contributed by atoms with Crippen LogP contribution >= 0.6 is 0 Å². The first-order chi connectivity index (χ1) is 46.1. The summed E-state index contributed by atoms with van der Waals surface area (Å²) in [5.41, 5.74) is -5.13. The van der Waals surface area contributed by atoms with Crippen molar-refractivity contribution in [2.45, 2.75) is 324 Å². The molecule has 0 unspecified atom stereocenters. The fraction of sp³-hybridized carbons (Fsp3) is 0.808. The van der Waals surface area contributed by atoms with E-state index < -0.39 is 104 Å². The molecule has 0 atom stereocenters. The van der Waals surface area contributed by atoms with E-state index in [4.69, 9.17) is 52.1 Å². The average Bonchev–Trinajstić information content (AvgIpc) is 0.888. The first-order valence-corrected chi connectivity index (χ1v) is 33.7. The highest BCUT2D eigenvalue weighted by Crippen LogP contribution is 2.16. The van der Waals surface area contributed by atoms with Gasteiger partial charge >= 0.3 is 71.9 Å². The van der Waals surface area contributed by atoms with Crippen molar-refractivity contribution in [3.63, 3.8) is 0 Å². The Labute approximate surface area is 621 Å². The van der Waals surface area contributed by atoms with Gasteiger partial charge in [0.05, 0.1) is 13.5 Å². The van der Waals surface area contributed by atoms with E-state index in [1.807, 2.05) is 41.5 Å². The van der Waals surface area contributed by atoms with Gasteiger partial charge in [-0.1, -0.05) is 6.92 Å². The van der Waals surface area contributed by atoms with Crippen molar-refractivity contribution < 1.29 is 133 Å². The zero-order chi connectivity index (χ0) is 84.6. The third kappa shape index (κ3) is 101. The maximum Gasteiger partial charge on any atom is 0.412 e. The summed E-state index contributed by atoms with van der Waals surface area (Å²) in [5, 5.41) is 2.34. The van der Waals surface area contributed by atoms with Gasteiger partial charge in [0.2, 0.25) is 5.91 Å². The maximum absolute atomic E-state index is 11.9. The van der Waals surface area contributed by atoms with Crippen molar-refractivity contribution in [2.75, 3.05) is 68.0 Å². The number of carbonyl (C=O) groups excluding carboxylic acids is 14. The van der Waals surface area contributed by atoms with Gasteiger partial charge in [-0.2, -0.15) is 0 Å². The number of hydrogen-bond donors (Lipinski definition) is 1. The Morgan fingerprint density at radius 2 is 0.606 bits per heavy atom. The largest absolute Gasteiger partial charge is 0.469 e. The molecule has 0 aromatic rings. The van der Waals surface area contributed by atoms with Crippen molar-refractivity contribution in [1.82, 2.24) is 15.1 Å². The number of ether oxygens (including phenoxy) is 14. The van der Waals surface area contributed by atoms with Gasteiger partial charge in [-0.25, -0.2) is 19.2 Å². The Kier molecular flexibility index (Phi) is 57.3. The highest BCUT2D eigenvalue weighted by Gasteiger charge is 2.29. The standard InChI is InChI=1S/C13H25NO5.C13H25NO4.C9H16O3.C8H15NO3.2C8H14O4.C7H14O3.C7H14O2/c1-12(2,3)18-10(15)8-14(9-17-7)11(16)19-13(4,5)6;1-8-14(11(16)18-13(5,6)7)9-10(15)17-12(2,3)4;1-7(10)5-6-8(11)12-9(2,3)4;1-8(2,3)12-7(11)5-6(10)9-4;1-8(2,3)12-7(10)5-6(9)11-4;1-6(9)11-5-7(10)12-8(2,3)4;1-7(2,3)10-6(8)5-9-4;1-5-6(8)9-7(2,3)4/h8-9H2,1-7H3;8-9H2,1-7H3;5-6H2,1-4H3;5H2,1-4H3,(H,9,10);2*5H2,1-4H3;5H2,1-4H3;5H2,1-4H3. The lowest BCUT2D eigenvalue weighted by atomic mass is 10.2. The predicted octanol–water partition coefficient (Wildman–Crippen LogP) is 11.4. The van der Waals surface area contributed by atoms with E-state index in [1.165, 1.54) is 47.1 Å². The number of esters is 10. The lowest BCUT2D eigenvalue weighted by Crippen LogP contribution is -2.42. The van der Waals surface area contributed by atoms with E-state index in [2.05, 4.69) is 19.5 Å². The van der Waals surface area contributed by atoms with Crippen LogP contribution < -0.4 is 5.32 Å². The van der Waals surface area contributed by atoms with Crippen LogP contribution in [0.5, 0.6) is 0 Å². The second-order valence-corrected chi connectivity index (χ2v) is 32.2. The van der Waals surface area contributed by atoms with Crippen LogP contribution in [0.2, 0.25) is 0 Å². The van der Waals surface area contributed by atoms with E-state index in [0.29, 0.717) is 13.0 Å². The van der Waals surface area contributed by atoms with Crippen LogP contribution in [0.1, 0.15) is 268 Å². The Balaban J connectivity index is -0.000000171. The molecule has 1 N–H and O–H groups in total. The van der Waals surface area contributed by atoms with Crippen molar-refractivity contribution in [3.05, 3.63) is 0 Å².